The monoisotopic (exact) mass is 541 g/mol. The molecule has 1 aliphatic rings. The number of primary amides is 1. The molecule has 1 aromatic carbocycles. The lowest BCUT2D eigenvalue weighted by atomic mass is 9.84. The summed E-state index contributed by atoms with van der Waals surface area (Å²) < 4.78 is 55.9. The summed E-state index contributed by atoms with van der Waals surface area (Å²) in [4.78, 5) is 30.6. The number of alkyl halides is 3. The van der Waals surface area contributed by atoms with Gasteiger partial charge in [-0.2, -0.15) is 13.2 Å². The largest absolute Gasteiger partial charge is 0.395 e. The molecule has 1 fully saturated rings. The number of thiazole rings is 1. The lowest BCUT2D eigenvalue weighted by Gasteiger charge is -2.31. The Balaban J connectivity index is 1.67. The molecule has 0 unspecified atom stereocenters. The Kier molecular flexibility index (Phi) is 8.61. The zero-order valence-electron chi connectivity index (χ0n) is 20.3. The number of aromatic nitrogens is 1. The summed E-state index contributed by atoms with van der Waals surface area (Å²) in [5.74, 6) is -3.01. The minimum Gasteiger partial charge on any atom is -0.366 e. The molecule has 3 atom stereocenters. The van der Waals surface area contributed by atoms with Crippen LogP contribution in [0.4, 0.5) is 17.6 Å². The van der Waals surface area contributed by atoms with Crippen molar-refractivity contribution in [2.45, 2.75) is 56.3 Å². The van der Waals surface area contributed by atoms with E-state index in [0.717, 1.165) is 0 Å². The molecule has 2 amide bonds. The van der Waals surface area contributed by atoms with Gasteiger partial charge in [-0.1, -0.05) is 6.07 Å². The third-order valence-electron chi connectivity index (χ3n) is 6.78. The molecule has 0 spiro atoms. The van der Waals surface area contributed by atoms with Crippen LogP contribution in [-0.2, 0) is 11.2 Å². The van der Waals surface area contributed by atoms with Gasteiger partial charge in [0.05, 0.1) is 16.0 Å². The molecule has 12 heteroatoms. The number of halogens is 4. The number of carbonyl (C=O) groups excluding carboxylic acids is 2. The van der Waals surface area contributed by atoms with Crippen molar-refractivity contribution >= 4 is 33.4 Å². The van der Waals surface area contributed by atoms with Crippen LogP contribution in [-0.4, -0.2) is 64.8 Å². The number of amides is 2. The van der Waals surface area contributed by atoms with Crippen LogP contribution in [0.2, 0.25) is 5.54 Å². The number of aryl methyl sites for hydroxylation is 1. The molecular weight excluding hydrogens is 512 g/mol. The van der Waals surface area contributed by atoms with Crippen LogP contribution in [0.1, 0.15) is 51.0 Å². The van der Waals surface area contributed by atoms with Gasteiger partial charge in [0, 0.05) is 46.2 Å². The number of carbonyl (C=O) groups is 2. The number of nitrogens with two attached hydrogens (primary N) is 1. The Labute approximate surface area is 215 Å². The van der Waals surface area contributed by atoms with Crippen LogP contribution < -0.4 is 11.1 Å². The molecule has 6 nitrogen and oxygen atoms in total. The van der Waals surface area contributed by atoms with Gasteiger partial charge in [0.25, 0.3) is 5.91 Å². The van der Waals surface area contributed by atoms with Crippen molar-refractivity contribution in [2.24, 2.45) is 11.1 Å². The summed E-state index contributed by atoms with van der Waals surface area (Å²) in [5.41, 5.74) is 3.46. The Morgan fingerprint density at radius 3 is 2.44 bits per heavy atom. The molecule has 0 saturated heterocycles. The standard InChI is InChI=1S/C24H29F4N4O2SSi/c1-13-30-12-19(35-13)16(23(6-7-23)24(26,27)28)10-21(33)31-11-18(32(2)3)20(36)9-14-4-5-15(22(29)34)17(25)8-14/h4-5,8,12,16,18,20H,6-7,9-11H2,1-3H3,(H2,29,34)(H,31,33)/t16-,18+,20+/m0/s1. The van der Waals surface area contributed by atoms with E-state index in [4.69, 9.17) is 5.73 Å². The average molecular weight is 542 g/mol. The third kappa shape index (κ3) is 6.32. The lowest BCUT2D eigenvalue weighted by molar-refractivity contribution is -0.194. The normalized spacial score (nSPS) is 17.5. The topological polar surface area (TPSA) is 88.3 Å². The zero-order valence-corrected chi connectivity index (χ0v) is 22.1. The fourth-order valence-corrected chi connectivity index (χ4v) is 6.16. The maximum absolute atomic E-state index is 14.1. The van der Waals surface area contributed by atoms with E-state index in [0.29, 0.717) is 21.9 Å². The number of hydrogen-bond acceptors (Lipinski definition) is 5. The van der Waals surface area contributed by atoms with Crippen molar-refractivity contribution in [1.82, 2.24) is 15.2 Å². The number of likely N-dealkylation sites (N-methyl/N-ethyl adjacent to an activating group) is 1. The first-order valence-electron chi connectivity index (χ1n) is 11.5. The van der Waals surface area contributed by atoms with Crippen LogP contribution >= 0.6 is 11.3 Å². The summed E-state index contributed by atoms with van der Waals surface area (Å²) in [5, 5.41) is 3.45. The fourth-order valence-electron chi connectivity index (χ4n) is 4.51. The van der Waals surface area contributed by atoms with E-state index in [9.17, 15) is 27.2 Å². The van der Waals surface area contributed by atoms with E-state index in [1.807, 2.05) is 19.0 Å². The first-order valence-corrected chi connectivity index (χ1v) is 12.9. The number of nitrogens with zero attached hydrogens (tertiary/aromatic N) is 2. The Hall–Kier alpha value is -2.31. The van der Waals surface area contributed by atoms with Gasteiger partial charge in [-0.3, -0.25) is 9.59 Å². The van der Waals surface area contributed by atoms with Gasteiger partial charge in [-0.05, 0) is 63.5 Å². The van der Waals surface area contributed by atoms with Crippen LogP contribution in [0.15, 0.2) is 24.4 Å². The quantitative estimate of drug-likeness (QED) is 0.335. The summed E-state index contributed by atoms with van der Waals surface area (Å²) in [6.07, 6.45) is -2.86. The molecule has 3 N–H and O–H groups in total. The fraction of sp³-hybridized carbons (Fsp3) is 0.542. The highest BCUT2D eigenvalue weighted by molar-refractivity contribution is 7.11. The second-order valence-corrected chi connectivity index (χ2v) is 11.5. The molecule has 1 aromatic heterocycles. The van der Waals surface area contributed by atoms with Crippen molar-refractivity contribution in [3.05, 3.63) is 51.2 Å². The van der Waals surface area contributed by atoms with Crippen LogP contribution in [0.25, 0.3) is 0 Å². The highest BCUT2D eigenvalue weighted by atomic mass is 32.1. The second-order valence-electron chi connectivity index (χ2n) is 9.52. The maximum Gasteiger partial charge on any atom is 0.395 e. The lowest BCUT2D eigenvalue weighted by Crippen LogP contribution is -2.44. The predicted molar refractivity (Wildman–Crippen MR) is 131 cm³/mol. The van der Waals surface area contributed by atoms with Crippen LogP contribution in [0.3, 0.4) is 0 Å². The highest BCUT2D eigenvalue weighted by Gasteiger charge is 2.67. The van der Waals surface area contributed by atoms with E-state index in [-0.39, 0.29) is 43.0 Å². The van der Waals surface area contributed by atoms with Gasteiger partial charge in [0.2, 0.25) is 5.91 Å². The van der Waals surface area contributed by atoms with Gasteiger partial charge in [0.1, 0.15) is 5.82 Å². The number of nitrogens with one attached hydrogen (secondary N) is 1. The van der Waals surface area contributed by atoms with Crippen molar-refractivity contribution in [3.8, 4) is 0 Å². The first-order chi connectivity index (χ1) is 16.7. The minimum atomic E-state index is -4.40. The molecule has 1 saturated carbocycles. The van der Waals surface area contributed by atoms with E-state index in [2.05, 4.69) is 20.5 Å². The summed E-state index contributed by atoms with van der Waals surface area (Å²) in [6, 6.07) is 3.93. The molecular formula is C24H29F4N4O2SSi. The molecule has 1 heterocycles. The van der Waals surface area contributed by atoms with E-state index in [1.54, 1.807) is 13.0 Å². The summed E-state index contributed by atoms with van der Waals surface area (Å²) in [6.45, 7) is 1.90. The van der Waals surface area contributed by atoms with Gasteiger partial charge < -0.3 is 16.0 Å². The first kappa shape index (κ1) is 28.3. The van der Waals surface area contributed by atoms with Gasteiger partial charge in [0.15, 0.2) is 0 Å². The Morgan fingerprint density at radius 2 is 1.97 bits per heavy atom. The zero-order chi connectivity index (χ0) is 26.8. The number of benzene rings is 1. The molecule has 0 aliphatic heterocycles. The van der Waals surface area contributed by atoms with Crippen molar-refractivity contribution in [1.29, 1.82) is 0 Å². The minimum absolute atomic E-state index is 0.0000139. The van der Waals surface area contributed by atoms with E-state index >= 15 is 0 Å². The number of hydrogen-bond donors (Lipinski definition) is 2. The van der Waals surface area contributed by atoms with Gasteiger partial charge in [-0.15, -0.1) is 11.3 Å². The van der Waals surface area contributed by atoms with E-state index in [1.165, 1.54) is 29.7 Å². The maximum atomic E-state index is 14.1. The smallest absolute Gasteiger partial charge is 0.366 e. The molecule has 2 aromatic rings. The predicted octanol–water partition coefficient (Wildman–Crippen LogP) is 3.75. The SMILES string of the molecule is Cc1ncc([C@H](CC(=O)NC[C@H]([C@H]([Si])Cc2ccc(C(N)=O)c(F)c2)N(C)C)C2(C(F)(F)F)CC2)s1. The van der Waals surface area contributed by atoms with Gasteiger partial charge >= 0.3 is 6.18 Å². The average Bonchev–Trinajstić information content (AvgIpc) is 3.47. The van der Waals surface area contributed by atoms with Crippen LogP contribution in [0.5, 0.6) is 0 Å². The van der Waals surface area contributed by atoms with Crippen LogP contribution in [0, 0.1) is 18.2 Å². The van der Waals surface area contributed by atoms with Crippen molar-refractivity contribution in [2.75, 3.05) is 20.6 Å². The van der Waals surface area contributed by atoms with Gasteiger partial charge in [-0.25, -0.2) is 9.37 Å². The Morgan fingerprint density at radius 1 is 1.31 bits per heavy atom. The number of rotatable bonds is 11. The molecule has 0 bridgehead atoms. The molecule has 36 heavy (non-hydrogen) atoms. The summed E-state index contributed by atoms with van der Waals surface area (Å²) >= 11 is 1.19. The Bertz CT molecular complexity index is 1100. The highest BCUT2D eigenvalue weighted by Crippen LogP contribution is 2.66. The molecule has 1 aliphatic carbocycles. The summed E-state index contributed by atoms with van der Waals surface area (Å²) in [7, 11) is 7.28. The van der Waals surface area contributed by atoms with Crippen molar-refractivity contribution < 1.29 is 27.2 Å². The molecule has 3 rings (SSSR count). The third-order valence-corrected chi connectivity index (χ3v) is 8.40. The molecule has 3 radical (unpaired) electrons. The van der Waals surface area contributed by atoms with E-state index < -0.39 is 35.1 Å². The second kappa shape index (κ2) is 11.0. The van der Waals surface area contributed by atoms with Crippen molar-refractivity contribution in [3.63, 3.8) is 0 Å². The molecule has 195 valence electrons.